The molecule has 1 aromatic carbocycles. The third kappa shape index (κ3) is 2.62. The zero-order valence-electron chi connectivity index (χ0n) is 13.6. The molecule has 1 aromatic heterocycles. The molecule has 1 N–H and O–H groups in total. The van der Waals surface area contributed by atoms with Gasteiger partial charge in [0.05, 0.1) is 24.6 Å². The van der Waals surface area contributed by atoms with Gasteiger partial charge in [0.25, 0.3) is 5.91 Å². The van der Waals surface area contributed by atoms with Crippen LogP contribution in [0.5, 0.6) is 5.75 Å². The summed E-state index contributed by atoms with van der Waals surface area (Å²) in [4.78, 5) is 25.5. The molecule has 126 valence electrons. The van der Waals surface area contributed by atoms with Crippen LogP contribution in [0.4, 0.5) is 0 Å². The SMILES string of the molecule is COc1ccccc1-n1ncc(C(=O)N2CCC[C@H]2C(=O)O)c1C. The molecule has 0 aliphatic carbocycles. The Morgan fingerprint density at radius 3 is 2.79 bits per heavy atom. The van der Waals surface area contributed by atoms with E-state index in [-0.39, 0.29) is 5.91 Å². The molecule has 24 heavy (non-hydrogen) atoms. The van der Waals surface area contributed by atoms with E-state index >= 15 is 0 Å². The maximum Gasteiger partial charge on any atom is 0.326 e. The first-order valence-corrected chi connectivity index (χ1v) is 7.76. The van der Waals surface area contributed by atoms with Gasteiger partial charge >= 0.3 is 5.97 Å². The predicted octanol–water partition coefficient (Wildman–Crippen LogP) is 1.88. The molecule has 1 aliphatic heterocycles. The number of carboxylic acids is 1. The number of benzene rings is 1. The number of hydrogen-bond acceptors (Lipinski definition) is 4. The third-order valence-corrected chi connectivity index (χ3v) is 4.35. The Morgan fingerprint density at radius 2 is 2.08 bits per heavy atom. The van der Waals surface area contributed by atoms with E-state index in [1.807, 2.05) is 24.3 Å². The van der Waals surface area contributed by atoms with E-state index in [1.54, 1.807) is 18.7 Å². The van der Waals surface area contributed by atoms with Gasteiger partial charge in [-0.15, -0.1) is 0 Å². The molecule has 1 fully saturated rings. The highest BCUT2D eigenvalue weighted by Gasteiger charge is 2.35. The summed E-state index contributed by atoms with van der Waals surface area (Å²) in [6.07, 6.45) is 2.67. The first-order chi connectivity index (χ1) is 11.5. The fourth-order valence-corrected chi connectivity index (χ4v) is 3.09. The van der Waals surface area contributed by atoms with Crippen molar-refractivity contribution in [3.63, 3.8) is 0 Å². The highest BCUT2D eigenvalue weighted by atomic mass is 16.5. The standard InChI is InChI=1S/C17H19N3O4/c1-11-12(16(21)19-9-5-7-14(19)17(22)23)10-18-20(11)13-6-3-4-8-15(13)24-2/h3-4,6,8,10,14H,5,7,9H2,1-2H3,(H,22,23)/t14-/m0/s1. The van der Waals surface area contributed by atoms with Crippen LogP contribution in [-0.2, 0) is 4.79 Å². The average Bonchev–Trinajstić information content (AvgIpc) is 3.21. The molecule has 2 heterocycles. The van der Waals surface area contributed by atoms with Crippen molar-refractivity contribution in [2.24, 2.45) is 0 Å². The maximum absolute atomic E-state index is 12.8. The molecule has 0 saturated carbocycles. The van der Waals surface area contributed by atoms with Crippen LogP contribution in [-0.4, -0.2) is 51.4 Å². The van der Waals surface area contributed by atoms with Gasteiger partial charge in [-0.3, -0.25) is 4.79 Å². The van der Waals surface area contributed by atoms with Gasteiger partial charge in [0.15, 0.2) is 0 Å². The van der Waals surface area contributed by atoms with Gasteiger partial charge in [-0.2, -0.15) is 5.10 Å². The van der Waals surface area contributed by atoms with Gasteiger partial charge < -0.3 is 14.7 Å². The molecule has 0 radical (unpaired) electrons. The number of hydrogen-bond donors (Lipinski definition) is 1. The normalized spacial score (nSPS) is 17.1. The minimum absolute atomic E-state index is 0.293. The molecule has 1 saturated heterocycles. The summed E-state index contributed by atoms with van der Waals surface area (Å²) >= 11 is 0. The van der Waals surface area contributed by atoms with Crippen molar-refractivity contribution >= 4 is 11.9 Å². The van der Waals surface area contributed by atoms with Crippen molar-refractivity contribution < 1.29 is 19.4 Å². The second-order valence-electron chi connectivity index (χ2n) is 5.72. The van der Waals surface area contributed by atoms with Gasteiger partial charge in [-0.25, -0.2) is 9.48 Å². The number of nitrogens with zero attached hydrogens (tertiary/aromatic N) is 3. The molecule has 0 bridgehead atoms. The first kappa shape index (κ1) is 16.0. The smallest absolute Gasteiger partial charge is 0.326 e. The molecular formula is C17H19N3O4. The Hall–Kier alpha value is -2.83. The summed E-state index contributed by atoms with van der Waals surface area (Å²) in [5.41, 5.74) is 1.79. The summed E-state index contributed by atoms with van der Waals surface area (Å²) in [7, 11) is 1.57. The number of rotatable bonds is 4. The summed E-state index contributed by atoms with van der Waals surface area (Å²) in [6, 6.07) is 6.63. The molecule has 2 aromatic rings. The van der Waals surface area contributed by atoms with Crippen LogP contribution in [0.25, 0.3) is 5.69 Å². The molecule has 7 heteroatoms. The summed E-state index contributed by atoms with van der Waals surface area (Å²) in [6.45, 7) is 2.24. The molecule has 7 nitrogen and oxygen atoms in total. The van der Waals surface area contributed by atoms with Crippen LogP contribution < -0.4 is 4.74 Å². The van der Waals surface area contributed by atoms with Gasteiger partial charge in [0.1, 0.15) is 17.5 Å². The lowest BCUT2D eigenvalue weighted by atomic mass is 10.2. The Kier molecular flexibility index (Phi) is 4.24. The average molecular weight is 329 g/mol. The van der Waals surface area contributed by atoms with E-state index in [0.29, 0.717) is 36.4 Å². The van der Waals surface area contributed by atoms with E-state index in [0.717, 1.165) is 5.69 Å². The number of aliphatic carboxylic acids is 1. The van der Waals surface area contributed by atoms with E-state index in [9.17, 15) is 14.7 Å². The topological polar surface area (TPSA) is 84.7 Å². The van der Waals surface area contributed by atoms with Gasteiger partial charge in [0.2, 0.25) is 0 Å². The molecule has 1 aliphatic rings. The first-order valence-electron chi connectivity index (χ1n) is 7.76. The maximum atomic E-state index is 12.8. The molecule has 0 unspecified atom stereocenters. The third-order valence-electron chi connectivity index (χ3n) is 4.35. The molecule has 1 atom stereocenters. The zero-order chi connectivity index (χ0) is 17.3. The lowest BCUT2D eigenvalue weighted by Crippen LogP contribution is -2.40. The van der Waals surface area contributed by atoms with E-state index in [4.69, 9.17) is 4.74 Å². The van der Waals surface area contributed by atoms with Crippen molar-refractivity contribution in [2.45, 2.75) is 25.8 Å². The van der Waals surface area contributed by atoms with E-state index in [2.05, 4.69) is 5.10 Å². The largest absolute Gasteiger partial charge is 0.494 e. The Bertz CT molecular complexity index is 784. The number of ether oxygens (including phenoxy) is 1. The number of aromatic nitrogens is 2. The summed E-state index contributed by atoms with van der Waals surface area (Å²) in [5.74, 6) is -0.610. The Balaban J connectivity index is 1.95. The number of methoxy groups -OCH3 is 1. The van der Waals surface area contributed by atoms with Gasteiger partial charge in [-0.05, 0) is 31.9 Å². The minimum Gasteiger partial charge on any atom is -0.494 e. The minimum atomic E-state index is -0.962. The van der Waals surface area contributed by atoms with Crippen LogP contribution in [0, 0.1) is 6.92 Å². The molecule has 3 rings (SSSR count). The molecule has 1 amide bonds. The fourth-order valence-electron chi connectivity index (χ4n) is 3.09. The molecular weight excluding hydrogens is 310 g/mol. The number of carboxylic acid groups (broad SMARTS) is 1. The van der Waals surface area contributed by atoms with Gasteiger partial charge in [-0.1, -0.05) is 12.1 Å². The van der Waals surface area contributed by atoms with Crippen molar-refractivity contribution in [3.8, 4) is 11.4 Å². The van der Waals surface area contributed by atoms with Crippen LogP contribution in [0.2, 0.25) is 0 Å². The summed E-state index contributed by atoms with van der Waals surface area (Å²) < 4.78 is 6.98. The highest BCUT2D eigenvalue weighted by molar-refractivity contribution is 5.97. The second-order valence-corrected chi connectivity index (χ2v) is 5.72. The van der Waals surface area contributed by atoms with Crippen molar-refractivity contribution in [1.82, 2.24) is 14.7 Å². The Labute approximate surface area is 139 Å². The lowest BCUT2D eigenvalue weighted by Gasteiger charge is -2.21. The monoisotopic (exact) mass is 329 g/mol. The van der Waals surface area contributed by atoms with E-state index < -0.39 is 12.0 Å². The van der Waals surface area contributed by atoms with Crippen molar-refractivity contribution in [1.29, 1.82) is 0 Å². The number of carbonyl (C=O) groups is 2. The van der Waals surface area contributed by atoms with Crippen LogP contribution in [0.15, 0.2) is 30.5 Å². The lowest BCUT2D eigenvalue weighted by molar-refractivity contribution is -0.141. The van der Waals surface area contributed by atoms with Gasteiger partial charge in [0, 0.05) is 6.54 Å². The van der Waals surface area contributed by atoms with E-state index in [1.165, 1.54) is 11.1 Å². The highest BCUT2D eigenvalue weighted by Crippen LogP contribution is 2.26. The number of amides is 1. The number of likely N-dealkylation sites (tertiary alicyclic amines) is 1. The predicted molar refractivity (Wildman–Crippen MR) is 86.5 cm³/mol. The van der Waals surface area contributed by atoms with Crippen LogP contribution >= 0.6 is 0 Å². The van der Waals surface area contributed by atoms with Crippen LogP contribution in [0.3, 0.4) is 0 Å². The van der Waals surface area contributed by atoms with Crippen molar-refractivity contribution in [2.75, 3.05) is 13.7 Å². The zero-order valence-corrected chi connectivity index (χ0v) is 13.6. The van der Waals surface area contributed by atoms with Crippen molar-refractivity contribution in [3.05, 3.63) is 41.7 Å². The number of para-hydroxylation sites is 2. The quantitative estimate of drug-likeness (QED) is 0.926. The second kappa shape index (κ2) is 6.35. The molecule has 0 spiro atoms. The number of carbonyl (C=O) groups excluding carboxylic acids is 1. The Morgan fingerprint density at radius 1 is 1.33 bits per heavy atom. The van der Waals surface area contributed by atoms with Crippen LogP contribution in [0.1, 0.15) is 28.9 Å². The fraction of sp³-hybridized carbons (Fsp3) is 0.353. The summed E-state index contributed by atoms with van der Waals surface area (Å²) in [5, 5.41) is 13.6.